The van der Waals surface area contributed by atoms with Crippen LogP contribution in [0.1, 0.15) is 39.0 Å². The van der Waals surface area contributed by atoms with E-state index < -0.39 is 10.0 Å². The van der Waals surface area contributed by atoms with Crippen LogP contribution in [0.25, 0.3) is 0 Å². The number of hydrogen-bond donors (Lipinski definition) is 3. The molecule has 0 spiro atoms. The Kier molecular flexibility index (Phi) is 5.24. The molecule has 1 aliphatic rings. The smallest absolute Gasteiger partial charge is 0.240 e. The van der Waals surface area contributed by atoms with Crippen LogP contribution in [0.2, 0.25) is 0 Å². The van der Waals surface area contributed by atoms with Crippen molar-refractivity contribution in [3.8, 4) is 0 Å². The van der Waals surface area contributed by atoms with E-state index in [1.807, 2.05) is 6.92 Å². The predicted octanol–water partition coefficient (Wildman–Crippen LogP) is 2.09. The number of nitrogens with one attached hydrogen (secondary N) is 2. The molecule has 1 saturated carbocycles. The van der Waals surface area contributed by atoms with Crippen LogP contribution < -0.4 is 10.0 Å². The molecule has 6 heteroatoms. The maximum atomic E-state index is 12.0. The summed E-state index contributed by atoms with van der Waals surface area (Å²) in [4.78, 5) is 0.269. The van der Waals surface area contributed by atoms with E-state index in [1.165, 1.54) is 0 Å². The second-order valence-electron chi connectivity index (χ2n) is 5.69. The van der Waals surface area contributed by atoms with E-state index >= 15 is 0 Å². The number of hydrogen-bond acceptors (Lipinski definition) is 4. The molecule has 0 saturated heterocycles. The van der Waals surface area contributed by atoms with Gasteiger partial charge in [0.25, 0.3) is 0 Å². The van der Waals surface area contributed by atoms with Crippen molar-refractivity contribution in [3.63, 3.8) is 0 Å². The summed E-state index contributed by atoms with van der Waals surface area (Å²) < 4.78 is 26.5. The molecule has 1 aliphatic carbocycles. The summed E-state index contributed by atoms with van der Waals surface area (Å²) in [6, 6.07) is 6.72. The van der Waals surface area contributed by atoms with Crippen LogP contribution in [0.15, 0.2) is 29.2 Å². The van der Waals surface area contributed by atoms with E-state index in [0.717, 1.165) is 37.8 Å². The van der Waals surface area contributed by atoms with Crippen molar-refractivity contribution in [2.45, 2.75) is 49.5 Å². The lowest BCUT2D eigenvalue weighted by atomic mass is 9.98. The Bertz CT molecular complexity index is 549. The highest BCUT2D eigenvalue weighted by Crippen LogP contribution is 2.32. The predicted molar refractivity (Wildman–Crippen MR) is 83.8 cm³/mol. The number of rotatable bonds is 7. The average Bonchev–Trinajstić information content (AvgIpc) is 2.95. The molecule has 0 unspecified atom stereocenters. The quantitative estimate of drug-likeness (QED) is 0.720. The van der Waals surface area contributed by atoms with Crippen LogP contribution in [0.5, 0.6) is 0 Å². The Morgan fingerprint density at radius 2 is 1.81 bits per heavy atom. The molecule has 0 bridgehead atoms. The Balaban J connectivity index is 2.08. The first-order valence-electron chi connectivity index (χ1n) is 7.50. The summed E-state index contributed by atoms with van der Waals surface area (Å²) in [7, 11) is -3.41. The third-order valence-electron chi connectivity index (χ3n) is 3.98. The Morgan fingerprint density at radius 3 is 2.33 bits per heavy atom. The molecule has 1 aromatic carbocycles. The molecular formula is C15H24N2O3S. The molecule has 0 aliphatic heterocycles. The molecule has 0 radical (unpaired) electrons. The maximum Gasteiger partial charge on any atom is 0.240 e. The molecule has 0 heterocycles. The summed E-state index contributed by atoms with van der Waals surface area (Å²) in [5.74, 6) is 0. The number of aliphatic hydroxyl groups is 1. The molecular weight excluding hydrogens is 288 g/mol. The lowest BCUT2D eigenvalue weighted by Crippen LogP contribution is -2.38. The van der Waals surface area contributed by atoms with E-state index in [1.54, 1.807) is 24.3 Å². The van der Waals surface area contributed by atoms with Crippen molar-refractivity contribution in [3.05, 3.63) is 24.3 Å². The maximum absolute atomic E-state index is 12.0. The van der Waals surface area contributed by atoms with Gasteiger partial charge in [-0.15, -0.1) is 0 Å². The first-order valence-corrected chi connectivity index (χ1v) is 8.98. The summed E-state index contributed by atoms with van der Waals surface area (Å²) in [6.45, 7) is 2.46. The van der Waals surface area contributed by atoms with Crippen LogP contribution in [0.3, 0.4) is 0 Å². The molecule has 21 heavy (non-hydrogen) atoms. The molecule has 118 valence electrons. The van der Waals surface area contributed by atoms with Crippen molar-refractivity contribution >= 4 is 15.7 Å². The zero-order chi connectivity index (χ0) is 15.3. The fourth-order valence-corrected chi connectivity index (χ4v) is 3.85. The highest BCUT2D eigenvalue weighted by molar-refractivity contribution is 7.89. The lowest BCUT2D eigenvalue weighted by Gasteiger charge is -2.29. The van der Waals surface area contributed by atoms with E-state index in [0.29, 0.717) is 6.54 Å². The van der Waals surface area contributed by atoms with Gasteiger partial charge in [0.2, 0.25) is 10.0 Å². The third kappa shape index (κ3) is 3.96. The van der Waals surface area contributed by atoms with Gasteiger partial charge in [0, 0.05) is 12.2 Å². The summed E-state index contributed by atoms with van der Waals surface area (Å²) in [5, 5.41) is 13.0. The third-order valence-corrected chi connectivity index (χ3v) is 5.46. The van der Waals surface area contributed by atoms with Crippen LogP contribution >= 0.6 is 0 Å². The van der Waals surface area contributed by atoms with Crippen molar-refractivity contribution in [1.82, 2.24) is 4.72 Å². The molecule has 5 nitrogen and oxygen atoms in total. The van der Waals surface area contributed by atoms with E-state index in [2.05, 4.69) is 10.0 Å². The molecule has 0 atom stereocenters. The zero-order valence-corrected chi connectivity index (χ0v) is 13.2. The van der Waals surface area contributed by atoms with Gasteiger partial charge >= 0.3 is 0 Å². The van der Waals surface area contributed by atoms with Crippen molar-refractivity contribution in [2.24, 2.45) is 0 Å². The summed E-state index contributed by atoms with van der Waals surface area (Å²) in [6.07, 6.45) is 4.88. The van der Waals surface area contributed by atoms with Crippen LogP contribution in [-0.4, -0.2) is 32.2 Å². The van der Waals surface area contributed by atoms with Gasteiger partial charge in [-0.1, -0.05) is 19.8 Å². The van der Waals surface area contributed by atoms with E-state index in [-0.39, 0.29) is 17.0 Å². The van der Waals surface area contributed by atoms with Crippen LogP contribution in [0.4, 0.5) is 5.69 Å². The van der Waals surface area contributed by atoms with Crippen molar-refractivity contribution < 1.29 is 13.5 Å². The molecule has 0 amide bonds. The second-order valence-corrected chi connectivity index (χ2v) is 7.46. The average molecular weight is 312 g/mol. The topological polar surface area (TPSA) is 78.4 Å². The Hall–Kier alpha value is -1.11. The number of anilines is 1. The minimum Gasteiger partial charge on any atom is -0.394 e. The highest BCUT2D eigenvalue weighted by Gasteiger charge is 2.32. The molecule has 0 aromatic heterocycles. The Morgan fingerprint density at radius 1 is 1.19 bits per heavy atom. The number of sulfonamides is 1. The van der Waals surface area contributed by atoms with Gasteiger partial charge in [-0.3, -0.25) is 0 Å². The minimum absolute atomic E-state index is 0.102. The van der Waals surface area contributed by atoms with Gasteiger partial charge in [0.1, 0.15) is 0 Å². The lowest BCUT2D eigenvalue weighted by molar-refractivity contribution is 0.214. The molecule has 1 fully saturated rings. The minimum atomic E-state index is -3.41. The normalized spacial score (nSPS) is 17.8. The fraction of sp³-hybridized carbons (Fsp3) is 0.600. The largest absolute Gasteiger partial charge is 0.394 e. The van der Waals surface area contributed by atoms with E-state index in [9.17, 15) is 13.5 Å². The standard InChI is InChI=1S/C15H24N2O3S/c1-2-11-16-21(19,20)14-7-5-13(6-8-14)17-15(12-18)9-3-4-10-15/h5-8,16-18H,2-4,9-12H2,1H3. The number of aliphatic hydroxyl groups excluding tert-OH is 1. The van der Waals surface area contributed by atoms with Gasteiger partial charge in [-0.05, 0) is 43.5 Å². The summed E-state index contributed by atoms with van der Waals surface area (Å²) >= 11 is 0. The molecule has 2 rings (SSSR count). The van der Waals surface area contributed by atoms with Gasteiger partial charge in [0.15, 0.2) is 0 Å². The van der Waals surface area contributed by atoms with Crippen molar-refractivity contribution in [2.75, 3.05) is 18.5 Å². The fourth-order valence-electron chi connectivity index (χ4n) is 2.72. The van der Waals surface area contributed by atoms with Crippen LogP contribution in [-0.2, 0) is 10.0 Å². The van der Waals surface area contributed by atoms with Gasteiger partial charge in [-0.25, -0.2) is 13.1 Å². The molecule has 3 N–H and O–H groups in total. The highest BCUT2D eigenvalue weighted by atomic mass is 32.2. The first-order chi connectivity index (χ1) is 10.0. The monoisotopic (exact) mass is 312 g/mol. The SMILES string of the molecule is CCCNS(=O)(=O)c1ccc(NC2(CO)CCCC2)cc1. The first kappa shape index (κ1) is 16.3. The summed E-state index contributed by atoms with van der Waals surface area (Å²) in [5.41, 5.74) is 0.598. The van der Waals surface area contributed by atoms with Crippen molar-refractivity contribution in [1.29, 1.82) is 0 Å². The zero-order valence-electron chi connectivity index (χ0n) is 12.4. The van der Waals surface area contributed by atoms with Gasteiger partial charge in [-0.2, -0.15) is 0 Å². The molecule has 1 aromatic rings. The second kappa shape index (κ2) is 6.77. The van der Waals surface area contributed by atoms with E-state index in [4.69, 9.17) is 0 Å². The Labute approximate surface area is 126 Å². The van der Waals surface area contributed by atoms with Gasteiger partial charge < -0.3 is 10.4 Å². The van der Waals surface area contributed by atoms with Gasteiger partial charge in [0.05, 0.1) is 17.0 Å². The van der Waals surface area contributed by atoms with Crippen LogP contribution in [0, 0.1) is 0 Å². The number of benzene rings is 1.